The van der Waals surface area contributed by atoms with E-state index in [1.54, 1.807) is 6.20 Å². The normalized spacial score (nSPS) is 17.8. The maximum atomic E-state index is 6.34. The molecule has 0 bridgehead atoms. The van der Waals surface area contributed by atoms with E-state index in [4.69, 9.17) is 17.4 Å². The Morgan fingerprint density at radius 2 is 2.19 bits per heavy atom. The van der Waals surface area contributed by atoms with Gasteiger partial charge in [0.2, 0.25) is 0 Å². The molecular weight excluding hydrogens is 286 g/mol. The van der Waals surface area contributed by atoms with Crippen molar-refractivity contribution in [1.82, 2.24) is 20.1 Å². The highest BCUT2D eigenvalue weighted by Crippen LogP contribution is 2.32. The summed E-state index contributed by atoms with van der Waals surface area (Å²) in [5.74, 6) is 6.64. The Kier molecular flexibility index (Phi) is 6.48. The van der Waals surface area contributed by atoms with Crippen LogP contribution < -0.4 is 11.3 Å². The number of hydrogen-bond acceptors (Lipinski definition) is 4. The van der Waals surface area contributed by atoms with Gasteiger partial charge in [-0.05, 0) is 32.9 Å². The zero-order chi connectivity index (χ0) is 15.2. The molecule has 0 amide bonds. The molecule has 21 heavy (non-hydrogen) atoms. The van der Waals surface area contributed by atoms with Crippen molar-refractivity contribution in [2.75, 3.05) is 20.6 Å². The van der Waals surface area contributed by atoms with Gasteiger partial charge in [-0.25, -0.2) is 0 Å². The molecule has 1 aromatic rings. The average Bonchev–Trinajstić information content (AvgIpc) is 3.08. The Morgan fingerprint density at radius 3 is 2.81 bits per heavy atom. The van der Waals surface area contributed by atoms with Crippen molar-refractivity contribution in [3.8, 4) is 0 Å². The second-order valence-electron chi connectivity index (χ2n) is 6.35. The van der Waals surface area contributed by atoms with Crippen LogP contribution in [-0.2, 0) is 6.54 Å². The van der Waals surface area contributed by atoms with Gasteiger partial charge < -0.3 is 4.90 Å². The summed E-state index contributed by atoms with van der Waals surface area (Å²) in [4.78, 5) is 2.14. The Morgan fingerprint density at radius 1 is 1.48 bits per heavy atom. The number of nitrogens with one attached hydrogen (secondary N) is 1. The fraction of sp³-hybridized carbons (Fsp3) is 0.800. The summed E-state index contributed by atoms with van der Waals surface area (Å²) in [6.07, 6.45) is 9.46. The first-order chi connectivity index (χ1) is 10.1. The standard InChI is InChI=1S/C15H28ClN5/c1-20(2)9-10-21-15(13(16)11-18-21)14(19-17)8-7-12-5-3-4-6-12/h11-12,14,19H,3-10,17H2,1-2H3. The lowest BCUT2D eigenvalue weighted by atomic mass is 9.97. The molecule has 1 saturated carbocycles. The predicted octanol–water partition coefficient (Wildman–Crippen LogP) is 2.57. The SMILES string of the molecule is CN(C)CCn1ncc(Cl)c1C(CCC1CCCC1)NN. The lowest BCUT2D eigenvalue weighted by Gasteiger charge is -2.21. The number of nitrogens with two attached hydrogens (primary N) is 1. The maximum absolute atomic E-state index is 6.34. The summed E-state index contributed by atoms with van der Waals surface area (Å²) >= 11 is 6.34. The van der Waals surface area contributed by atoms with Crippen LogP contribution in [0.5, 0.6) is 0 Å². The molecule has 0 aliphatic heterocycles. The Labute approximate surface area is 132 Å². The van der Waals surface area contributed by atoms with Crippen LogP contribution in [0.3, 0.4) is 0 Å². The van der Waals surface area contributed by atoms with Gasteiger partial charge in [0, 0.05) is 6.54 Å². The Bertz CT molecular complexity index is 426. The molecule has 1 aliphatic rings. The van der Waals surface area contributed by atoms with Gasteiger partial charge in [0.15, 0.2) is 0 Å². The summed E-state index contributed by atoms with van der Waals surface area (Å²) < 4.78 is 1.99. The fourth-order valence-electron chi connectivity index (χ4n) is 3.19. The van der Waals surface area contributed by atoms with Crippen LogP contribution in [-0.4, -0.2) is 35.3 Å². The Balaban J connectivity index is 2.00. The van der Waals surface area contributed by atoms with Gasteiger partial charge in [0.25, 0.3) is 0 Å². The molecular formula is C15H28ClN5. The van der Waals surface area contributed by atoms with E-state index in [9.17, 15) is 0 Å². The van der Waals surface area contributed by atoms with Crippen LogP contribution in [0.25, 0.3) is 0 Å². The van der Waals surface area contributed by atoms with Crippen molar-refractivity contribution in [1.29, 1.82) is 0 Å². The van der Waals surface area contributed by atoms with E-state index < -0.39 is 0 Å². The van der Waals surface area contributed by atoms with Gasteiger partial charge in [-0.3, -0.25) is 16.0 Å². The van der Waals surface area contributed by atoms with E-state index in [1.165, 1.54) is 32.1 Å². The molecule has 1 aromatic heterocycles. The molecule has 0 radical (unpaired) electrons. The molecule has 0 saturated heterocycles. The first kappa shape index (κ1) is 16.7. The number of nitrogens with zero attached hydrogens (tertiary/aromatic N) is 3. The summed E-state index contributed by atoms with van der Waals surface area (Å²) in [6, 6.07) is 0.0859. The lowest BCUT2D eigenvalue weighted by Crippen LogP contribution is -2.31. The van der Waals surface area contributed by atoms with Gasteiger partial charge in [-0.15, -0.1) is 0 Å². The molecule has 1 atom stereocenters. The molecule has 1 heterocycles. The van der Waals surface area contributed by atoms with Crippen LogP contribution in [0.15, 0.2) is 6.20 Å². The van der Waals surface area contributed by atoms with Crippen molar-refractivity contribution in [2.24, 2.45) is 11.8 Å². The molecule has 6 heteroatoms. The molecule has 2 rings (SSSR count). The minimum absolute atomic E-state index is 0.0859. The number of hydrogen-bond donors (Lipinski definition) is 2. The van der Waals surface area contributed by atoms with Crippen molar-refractivity contribution in [3.63, 3.8) is 0 Å². The largest absolute Gasteiger partial charge is 0.308 e. The molecule has 1 aliphatic carbocycles. The monoisotopic (exact) mass is 313 g/mol. The summed E-state index contributed by atoms with van der Waals surface area (Å²) in [5, 5.41) is 5.11. The third-order valence-corrected chi connectivity index (χ3v) is 4.75. The average molecular weight is 314 g/mol. The van der Waals surface area contributed by atoms with E-state index in [2.05, 4.69) is 29.5 Å². The molecule has 3 N–H and O–H groups in total. The highest BCUT2D eigenvalue weighted by Gasteiger charge is 2.22. The van der Waals surface area contributed by atoms with Crippen molar-refractivity contribution in [2.45, 2.75) is 51.1 Å². The molecule has 120 valence electrons. The van der Waals surface area contributed by atoms with Crippen LogP contribution >= 0.6 is 11.6 Å². The van der Waals surface area contributed by atoms with E-state index in [0.717, 1.165) is 31.1 Å². The minimum atomic E-state index is 0.0859. The molecule has 1 unspecified atom stereocenters. The highest BCUT2D eigenvalue weighted by molar-refractivity contribution is 6.31. The highest BCUT2D eigenvalue weighted by atomic mass is 35.5. The predicted molar refractivity (Wildman–Crippen MR) is 87.0 cm³/mol. The summed E-state index contributed by atoms with van der Waals surface area (Å²) in [6.45, 7) is 1.77. The second kappa shape index (κ2) is 8.13. The molecule has 1 fully saturated rings. The van der Waals surface area contributed by atoms with Gasteiger partial charge in [-0.1, -0.05) is 37.3 Å². The number of hydrazine groups is 1. The number of aromatic nitrogens is 2. The Hall–Kier alpha value is -0.620. The van der Waals surface area contributed by atoms with Gasteiger partial charge >= 0.3 is 0 Å². The zero-order valence-corrected chi connectivity index (χ0v) is 13.9. The maximum Gasteiger partial charge on any atom is 0.0834 e. The zero-order valence-electron chi connectivity index (χ0n) is 13.2. The van der Waals surface area contributed by atoms with Gasteiger partial charge in [-0.2, -0.15) is 5.10 Å². The van der Waals surface area contributed by atoms with Crippen molar-refractivity contribution in [3.05, 3.63) is 16.9 Å². The summed E-state index contributed by atoms with van der Waals surface area (Å²) in [5.41, 5.74) is 3.97. The topological polar surface area (TPSA) is 59.1 Å². The first-order valence-corrected chi connectivity index (χ1v) is 8.31. The summed E-state index contributed by atoms with van der Waals surface area (Å²) in [7, 11) is 4.12. The second-order valence-corrected chi connectivity index (χ2v) is 6.76. The van der Waals surface area contributed by atoms with E-state index >= 15 is 0 Å². The number of rotatable bonds is 8. The van der Waals surface area contributed by atoms with Crippen LogP contribution in [0.1, 0.15) is 50.3 Å². The van der Waals surface area contributed by atoms with Crippen molar-refractivity contribution >= 4 is 11.6 Å². The van der Waals surface area contributed by atoms with Gasteiger partial charge in [0.1, 0.15) is 0 Å². The van der Waals surface area contributed by atoms with E-state index in [-0.39, 0.29) is 6.04 Å². The van der Waals surface area contributed by atoms with Crippen LogP contribution in [0, 0.1) is 5.92 Å². The van der Waals surface area contributed by atoms with E-state index in [0.29, 0.717) is 5.02 Å². The third kappa shape index (κ3) is 4.68. The molecule has 0 spiro atoms. The third-order valence-electron chi connectivity index (χ3n) is 4.46. The fourth-order valence-corrected chi connectivity index (χ4v) is 3.46. The lowest BCUT2D eigenvalue weighted by molar-refractivity contribution is 0.353. The molecule has 0 aromatic carbocycles. The molecule has 5 nitrogen and oxygen atoms in total. The quantitative estimate of drug-likeness (QED) is 0.572. The smallest absolute Gasteiger partial charge is 0.0834 e. The number of likely N-dealkylation sites (N-methyl/N-ethyl adjacent to an activating group) is 1. The van der Waals surface area contributed by atoms with Crippen LogP contribution in [0.2, 0.25) is 5.02 Å². The first-order valence-electron chi connectivity index (χ1n) is 7.94. The minimum Gasteiger partial charge on any atom is -0.308 e. The van der Waals surface area contributed by atoms with Gasteiger partial charge in [0.05, 0.1) is 29.5 Å². The van der Waals surface area contributed by atoms with E-state index in [1.807, 2.05) is 4.68 Å². The van der Waals surface area contributed by atoms with Crippen LogP contribution in [0.4, 0.5) is 0 Å². The number of halogens is 1. The van der Waals surface area contributed by atoms with Crippen molar-refractivity contribution < 1.29 is 0 Å².